The first-order valence-electron chi connectivity index (χ1n) is 8.08. The first-order chi connectivity index (χ1) is 10.7. The molecule has 0 aliphatic heterocycles. The zero-order valence-electron chi connectivity index (χ0n) is 13.6. The molecule has 0 spiro atoms. The maximum Gasteiger partial charge on any atom is 0.156 e. The lowest BCUT2D eigenvalue weighted by molar-refractivity contribution is 0.129. The lowest BCUT2D eigenvalue weighted by atomic mass is 10.2. The smallest absolute Gasteiger partial charge is 0.156 e. The molecule has 1 aromatic rings. The summed E-state index contributed by atoms with van der Waals surface area (Å²) >= 11 is 12.4. The molecule has 0 amide bonds. The van der Waals surface area contributed by atoms with E-state index in [0.29, 0.717) is 22.4 Å². The van der Waals surface area contributed by atoms with Crippen molar-refractivity contribution in [1.29, 1.82) is 0 Å². The maximum absolute atomic E-state index is 6.22. The molecule has 0 saturated carbocycles. The number of ether oxygens (including phenoxy) is 2. The van der Waals surface area contributed by atoms with Gasteiger partial charge in [0.1, 0.15) is 0 Å². The van der Waals surface area contributed by atoms with Crippen molar-refractivity contribution in [3.8, 4) is 5.75 Å². The van der Waals surface area contributed by atoms with Crippen LogP contribution in [0, 0.1) is 0 Å². The Bertz CT molecular complexity index is 404. The van der Waals surface area contributed by atoms with E-state index in [9.17, 15) is 0 Å². The van der Waals surface area contributed by atoms with Crippen LogP contribution in [0.25, 0.3) is 0 Å². The van der Waals surface area contributed by atoms with Gasteiger partial charge in [-0.2, -0.15) is 0 Å². The summed E-state index contributed by atoms with van der Waals surface area (Å²) in [6, 6.07) is 3.81. The molecule has 0 saturated heterocycles. The molecule has 0 aliphatic rings. The summed E-state index contributed by atoms with van der Waals surface area (Å²) in [6.45, 7) is 8.15. The third-order valence-corrected chi connectivity index (χ3v) is 3.68. The van der Waals surface area contributed by atoms with E-state index in [4.69, 9.17) is 32.7 Å². The van der Waals surface area contributed by atoms with Crippen LogP contribution >= 0.6 is 23.2 Å². The highest BCUT2D eigenvalue weighted by Gasteiger charge is 2.09. The maximum atomic E-state index is 6.22. The zero-order valence-corrected chi connectivity index (χ0v) is 15.1. The summed E-state index contributed by atoms with van der Waals surface area (Å²) in [4.78, 5) is 0. The Labute approximate surface area is 144 Å². The van der Waals surface area contributed by atoms with Crippen molar-refractivity contribution < 1.29 is 9.47 Å². The van der Waals surface area contributed by atoms with Crippen molar-refractivity contribution in [1.82, 2.24) is 5.32 Å². The molecule has 126 valence electrons. The molecule has 0 aliphatic carbocycles. The highest BCUT2D eigenvalue weighted by atomic mass is 35.5. The normalized spacial score (nSPS) is 10.9. The molecule has 3 nitrogen and oxygen atoms in total. The van der Waals surface area contributed by atoms with Gasteiger partial charge < -0.3 is 14.8 Å². The van der Waals surface area contributed by atoms with Crippen LogP contribution in [-0.4, -0.2) is 26.4 Å². The molecule has 0 bridgehead atoms. The van der Waals surface area contributed by atoms with Gasteiger partial charge in [0, 0.05) is 19.8 Å². The average molecular weight is 348 g/mol. The van der Waals surface area contributed by atoms with E-state index in [2.05, 4.69) is 12.2 Å². The first kappa shape index (κ1) is 19.6. The Morgan fingerprint density at radius 2 is 1.64 bits per heavy atom. The van der Waals surface area contributed by atoms with Crippen LogP contribution in [0.2, 0.25) is 10.0 Å². The molecule has 22 heavy (non-hydrogen) atoms. The summed E-state index contributed by atoms with van der Waals surface area (Å²) in [7, 11) is 0. The first-order valence-corrected chi connectivity index (χ1v) is 8.83. The number of nitrogens with one attached hydrogen (secondary N) is 1. The Kier molecular flexibility index (Phi) is 10.7. The molecule has 1 rings (SSSR count). The van der Waals surface area contributed by atoms with Crippen molar-refractivity contribution in [2.45, 2.75) is 46.1 Å². The summed E-state index contributed by atoms with van der Waals surface area (Å²) < 4.78 is 11.1. The molecule has 1 aromatic carbocycles. The Hall–Kier alpha value is -0.480. The highest BCUT2D eigenvalue weighted by Crippen LogP contribution is 2.34. The number of hydrogen-bond acceptors (Lipinski definition) is 3. The van der Waals surface area contributed by atoms with Crippen LogP contribution in [-0.2, 0) is 11.3 Å². The largest absolute Gasteiger partial charge is 0.490 e. The minimum atomic E-state index is 0.570. The number of benzene rings is 1. The fourth-order valence-electron chi connectivity index (χ4n) is 1.94. The summed E-state index contributed by atoms with van der Waals surface area (Å²) in [6.07, 6.45) is 4.24. The molecular formula is C17H27Cl2NO2. The van der Waals surface area contributed by atoms with Gasteiger partial charge in [0.25, 0.3) is 0 Å². The van der Waals surface area contributed by atoms with E-state index >= 15 is 0 Å². The van der Waals surface area contributed by atoms with Gasteiger partial charge in [0.15, 0.2) is 5.75 Å². The molecule has 0 fully saturated rings. The van der Waals surface area contributed by atoms with Gasteiger partial charge in [-0.25, -0.2) is 0 Å². The Morgan fingerprint density at radius 1 is 0.955 bits per heavy atom. The van der Waals surface area contributed by atoms with Crippen molar-refractivity contribution in [3.05, 3.63) is 27.7 Å². The summed E-state index contributed by atoms with van der Waals surface area (Å²) in [5.41, 5.74) is 1.06. The van der Waals surface area contributed by atoms with Crippen LogP contribution in [0.5, 0.6) is 5.75 Å². The SMILES string of the molecule is CCCCOCCCNCc1cc(Cl)c(OCCC)c(Cl)c1. The third-order valence-electron chi connectivity index (χ3n) is 3.12. The fourth-order valence-corrected chi connectivity index (χ4v) is 2.58. The molecule has 0 radical (unpaired) electrons. The second-order valence-electron chi connectivity index (χ2n) is 5.23. The summed E-state index contributed by atoms with van der Waals surface area (Å²) in [5, 5.41) is 4.51. The Balaban J connectivity index is 2.28. The van der Waals surface area contributed by atoms with Crippen LogP contribution in [0.3, 0.4) is 0 Å². The standard InChI is InChI=1S/C17H27Cl2NO2/c1-3-5-9-21-10-6-7-20-13-14-11-15(18)17(16(19)12-14)22-8-4-2/h11-12,20H,3-10,13H2,1-2H3. The van der Waals surface area contributed by atoms with Crippen LogP contribution in [0.4, 0.5) is 0 Å². The zero-order chi connectivity index (χ0) is 16.2. The van der Waals surface area contributed by atoms with Gasteiger partial charge in [-0.15, -0.1) is 0 Å². The van der Waals surface area contributed by atoms with Crippen molar-refractivity contribution in [3.63, 3.8) is 0 Å². The summed E-state index contributed by atoms with van der Waals surface area (Å²) in [5.74, 6) is 0.582. The minimum absolute atomic E-state index is 0.570. The number of halogens is 2. The quantitative estimate of drug-likeness (QED) is 0.535. The number of rotatable bonds is 12. The van der Waals surface area contributed by atoms with E-state index in [1.54, 1.807) is 0 Å². The van der Waals surface area contributed by atoms with Gasteiger partial charge in [-0.1, -0.05) is 43.5 Å². The Morgan fingerprint density at radius 3 is 2.27 bits per heavy atom. The van der Waals surface area contributed by atoms with E-state index in [-0.39, 0.29) is 0 Å². The lowest BCUT2D eigenvalue weighted by Gasteiger charge is -2.12. The lowest BCUT2D eigenvalue weighted by Crippen LogP contribution is -2.16. The molecule has 5 heteroatoms. The van der Waals surface area contributed by atoms with Crippen molar-refractivity contribution in [2.24, 2.45) is 0 Å². The molecule has 0 aromatic heterocycles. The monoisotopic (exact) mass is 347 g/mol. The van der Waals surface area contributed by atoms with E-state index in [0.717, 1.165) is 51.1 Å². The third kappa shape index (κ3) is 7.68. The van der Waals surface area contributed by atoms with Gasteiger partial charge in [0.2, 0.25) is 0 Å². The minimum Gasteiger partial charge on any atom is -0.490 e. The molecule has 0 unspecified atom stereocenters. The van der Waals surface area contributed by atoms with Crippen LogP contribution in [0.15, 0.2) is 12.1 Å². The van der Waals surface area contributed by atoms with Gasteiger partial charge in [0.05, 0.1) is 16.7 Å². The van der Waals surface area contributed by atoms with Crippen molar-refractivity contribution >= 4 is 23.2 Å². The number of hydrogen-bond donors (Lipinski definition) is 1. The number of unbranched alkanes of at least 4 members (excludes halogenated alkanes) is 1. The molecule has 0 atom stereocenters. The van der Waals surface area contributed by atoms with E-state index in [1.165, 1.54) is 6.42 Å². The van der Waals surface area contributed by atoms with E-state index in [1.807, 2.05) is 19.1 Å². The molecular weight excluding hydrogens is 321 g/mol. The fraction of sp³-hybridized carbons (Fsp3) is 0.647. The van der Waals surface area contributed by atoms with Crippen LogP contribution in [0.1, 0.15) is 45.1 Å². The second-order valence-corrected chi connectivity index (χ2v) is 6.05. The van der Waals surface area contributed by atoms with E-state index < -0.39 is 0 Å². The van der Waals surface area contributed by atoms with Crippen molar-refractivity contribution in [2.75, 3.05) is 26.4 Å². The second kappa shape index (κ2) is 12.0. The van der Waals surface area contributed by atoms with Crippen LogP contribution < -0.4 is 10.1 Å². The highest BCUT2D eigenvalue weighted by molar-refractivity contribution is 6.37. The van der Waals surface area contributed by atoms with Gasteiger partial charge in [-0.05, 0) is 43.5 Å². The average Bonchev–Trinajstić information content (AvgIpc) is 2.49. The molecule has 1 N–H and O–H groups in total. The molecule has 0 heterocycles. The topological polar surface area (TPSA) is 30.5 Å². The van der Waals surface area contributed by atoms with Gasteiger partial charge >= 0.3 is 0 Å². The predicted octanol–water partition coefficient (Wildman–Crippen LogP) is 5.08. The predicted molar refractivity (Wildman–Crippen MR) is 94.3 cm³/mol. The van der Waals surface area contributed by atoms with Gasteiger partial charge in [-0.3, -0.25) is 0 Å².